The van der Waals surface area contributed by atoms with E-state index in [1.54, 1.807) is 6.20 Å². The van der Waals surface area contributed by atoms with Crippen LogP contribution in [0.5, 0.6) is 0 Å². The zero-order valence-electron chi connectivity index (χ0n) is 11.4. The van der Waals surface area contributed by atoms with E-state index in [9.17, 15) is 0 Å². The van der Waals surface area contributed by atoms with Gasteiger partial charge < -0.3 is 11.1 Å². The number of hydrogen-bond donors (Lipinski definition) is 2. The summed E-state index contributed by atoms with van der Waals surface area (Å²) in [6.07, 6.45) is 3.53. The smallest absolute Gasteiger partial charge is 0.0610 e. The van der Waals surface area contributed by atoms with Gasteiger partial charge >= 0.3 is 0 Å². The van der Waals surface area contributed by atoms with Crippen molar-refractivity contribution in [3.63, 3.8) is 0 Å². The molecule has 100 valence electrons. The summed E-state index contributed by atoms with van der Waals surface area (Å²) in [6.45, 7) is 4.19. The molecule has 0 saturated carbocycles. The van der Waals surface area contributed by atoms with Crippen LogP contribution in [0.1, 0.15) is 28.3 Å². The van der Waals surface area contributed by atoms with E-state index in [-0.39, 0.29) is 6.04 Å². The van der Waals surface area contributed by atoms with Gasteiger partial charge in [0, 0.05) is 28.1 Å². The lowest BCUT2D eigenvalue weighted by Crippen LogP contribution is -2.19. The maximum absolute atomic E-state index is 6.05. The van der Waals surface area contributed by atoms with Crippen LogP contribution in [0.3, 0.4) is 0 Å². The average molecular weight is 320 g/mol. The molecule has 1 unspecified atom stereocenters. The Labute approximate surface area is 122 Å². The lowest BCUT2D eigenvalue weighted by Gasteiger charge is -2.20. The molecule has 3 N–H and O–H groups in total. The molecule has 0 amide bonds. The molecule has 3 nitrogen and oxygen atoms in total. The predicted octanol–water partition coefficient (Wildman–Crippen LogP) is 3.35. The Morgan fingerprint density at radius 3 is 2.42 bits per heavy atom. The number of benzene rings is 1. The third-order valence-corrected chi connectivity index (χ3v) is 4.53. The first kappa shape index (κ1) is 14.0. The topological polar surface area (TPSA) is 50.9 Å². The highest BCUT2D eigenvalue weighted by atomic mass is 79.9. The second kappa shape index (κ2) is 5.72. The standard InChI is InChI=1S/C15H18BrN3/c1-9-6-11(7-10(2)14(9)16)15(18-3)12-8-19-5-4-13(12)17/h4-8,15,18H,1-3H3,(H2,17,19). The van der Waals surface area contributed by atoms with E-state index in [0.717, 1.165) is 15.7 Å². The quantitative estimate of drug-likeness (QED) is 0.912. The highest BCUT2D eigenvalue weighted by Crippen LogP contribution is 2.30. The minimum absolute atomic E-state index is 0.0548. The van der Waals surface area contributed by atoms with Crippen molar-refractivity contribution >= 4 is 21.6 Å². The third kappa shape index (κ3) is 2.80. The molecule has 0 aliphatic carbocycles. The van der Waals surface area contributed by atoms with Crippen molar-refractivity contribution in [2.75, 3.05) is 12.8 Å². The van der Waals surface area contributed by atoms with E-state index in [2.05, 4.69) is 52.2 Å². The number of rotatable bonds is 3. The monoisotopic (exact) mass is 319 g/mol. The Hall–Kier alpha value is -1.39. The van der Waals surface area contributed by atoms with E-state index >= 15 is 0 Å². The molecular weight excluding hydrogens is 302 g/mol. The Bertz CT molecular complexity index is 573. The fourth-order valence-electron chi connectivity index (χ4n) is 2.31. The van der Waals surface area contributed by atoms with E-state index in [1.807, 2.05) is 19.3 Å². The number of aryl methyl sites for hydroxylation is 2. The predicted molar refractivity (Wildman–Crippen MR) is 83.2 cm³/mol. The van der Waals surface area contributed by atoms with Gasteiger partial charge in [-0.15, -0.1) is 0 Å². The summed E-state index contributed by atoms with van der Waals surface area (Å²) >= 11 is 3.60. The van der Waals surface area contributed by atoms with Gasteiger partial charge in [-0.05, 0) is 43.7 Å². The van der Waals surface area contributed by atoms with Gasteiger partial charge in [-0.3, -0.25) is 4.98 Å². The Morgan fingerprint density at radius 2 is 1.89 bits per heavy atom. The van der Waals surface area contributed by atoms with Crippen LogP contribution in [0.2, 0.25) is 0 Å². The molecule has 1 aromatic carbocycles. The zero-order valence-corrected chi connectivity index (χ0v) is 13.0. The van der Waals surface area contributed by atoms with Gasteiger partial charge in [0.25, 0.3) is 0 Å². The first-order valence-corrected chi connectivity index (χ1v) is 6.97. The molecule has 0 fully saturated rings. The van der Waals surface area contributed by atoms with Crippen molar-refractivity contribution < 1.29 is 0 Å². The highest BCUT2D eigenvalue weighted by Gasteiger charge is 2.16. The van der Waals surface area contributed by atoms with Crippen molar-refractivity contribution in [2.24, 2.45) is 0 Å². The van der Waals surface area contributed by atoms with E-state index < -0.39 is 0 Å². The van der Waals surface area contributed by atoms with Gasteiger partial charge in [-0.2, -0.15) is 0 Å². The molecule has 0 bridgehead atoms. The van der Waals surface area contributed by atoms with Crippen LogP contribution < -0.4 is 11.1 Å². The van der Waals surface area contributed by atoms with Crippen LogP contribution in [-0.4, -0.2) is 12.0 Å². The largest absolute Gasteiger partial charge is 0.398 e. The number of nitrogens with zero attached hydrogens (tertiary/aromatic N) is 1. The maximum atomic E-state index is 6.05. The molecule has 1 atom stereocenters. The number of anilines is 1. The number of nitrogen functional groups attached to an aromatic ring is 1. The normalized spacial score (nSPS) is 12.4. The van der Waals surface area contributed by atoms with Crippen LogP contribution in [0, 0.1) is 13.8 Å². The molecule has 0 aliphatic heterocycles. The lowest BCUT2D eigenvalue weighted by atomic mass is 9.96. The Kier molecular flexibility index (Phi) is 4.22. The summed E-state index contributed by atoms with van der Waals surface area (Å²) in [7, 11) is 1.93. The number of nitrogens with two attached hydrogens (primary N) is 1. The summed E-state index contributed by atoms with van der Waals surface area (Å²) in [5.74, 6) is 0. The molecule has 0 saturated heterocycles. The van der Waals surface area contributed by atoms with Crippen molar-refractivity contribution in [1.82, 2.24) is 10.3 Å². The van der Waals surface area contributed by atoms with Gasteiger partial charge in [0.05, 0.1) is 6.04 Å². The fourth-order valence-corrected chi connectivity index (χ4v) is 2.54. The second-order valence-electron chi connectivity index (χ2n) is 4.69. The third-order valence-electron chi connectivity index (χ3n) is 3.28. The van der Waals surface area contributed by atoms with Crippen molar-refractivity contribution in [2.45, 2.75) is 19.9 Å². The number of aromatic nitrogens is 1. The van der Waals surface area contributed by atoms with Gasteiger partial charge in [-0.1, -0.05) is 28.1 Å². The number of halogens is 1. The molecule has 0 aliphatic rings. The minimum Gasteiger partial charge on any atom is -0.398 e. The first-order valence-electron chi connectivity index (χ1n) is 6.18. The summed E-state index contributed by atoms with van der Waals surface area (Å²) < 4.78 is 1.16. The Balaban J connectivity index is 2.52. The lowest BCUT2D eigenvalue weighted by molar-refractivity contribution is 0.689. The van der Waals surface area contributed by atoms with Gasteiger partial charge in [0.1, 0.15) is 0 Å². The van der Waals surface area contributed by atoms with E-state index in [1.165, 1.54) is 16.7 Å². The van der Waals surface area contributed by atoms with Crippen LogP contribution >= 0.6 is 15.9 Å². The molecule has 19 heavy (non-hydrogen) atoms. The molecular formula is C15H18BrN3. The summed E-state index contributed by atoms with van der Waals surface area (Å²) in [4.78, 5) is 4.17. The number of nitrogens with one attached hydrogen (secondary N) is 1. The van der Waals surface area contributed by atoms with Gasteiger partial charge in [-0.25, -0.2) is 0 Å². The maximum Gasteiger partial charge on any atom is 0.0610 e. The van der Waals surface area contributed by atoms with Gasteiger partial charge in [0.15, 0.2) is 0 Å². The van der Waals surface area contributed by atoms with Crippen LogP contribution in [0.15, 0.2) is 35.1 Å². The van der Waals surface area contributed by atoms with Crippen molar-refractivity contribution in [3.8, 4) is 0 Å². The molecule has 2 rings (SSSR count). The molecule has 2 aromatic rings. The minimum atomic E-state index is 0.0548. The zero-order chi connectivity index (χ0) is 14.0. The van der Waals surface area contributed by atoms with Crippen LogP contribution in [0.25, 0.3) is 0 Å². The van der Waals surface area contributed by atoms with Crippen molar-refractivity contribution in [3.05, 3.63) is 57.3 Å². The number of pyridine rings is 1. The van der Waals surface area contributed by atoms with E-state index in [0.29, 0.717) is 0 Å². The average Bonchev–Trinajstić information content (AvgIpc) is 2.39. The molecule has 4 heteroatoms. The molecule has 0 radical (unpaired) electrons. The SMILES string of the molecule is CNC(c1cc(C)c(Br)c(C)c1)c1cnccc1N. The van der Waals surface area contributed by atoms with Gasteiger partial charge in [0.2, 0.25) is 0 Å². The van der Waals surface area contributed by atoms with Crippen molar-refractivity contribution in [1.29, 1.82) is 0 Å². The first-order chi connectivity index (χ1) is 9.04. The van der Waals surface area contributed by atoms with Crippen LogP contribution in [-0.2, 0) is 0 Å². The highest BCUT2D eigenvalue weighted by molar-refractivity contribution is 9.10. The molecule has 0 spiro atoms. The van der Waals surface area contributed by atoms with Crippen LogP contribution in [0.4, 0.5) is 5.69 Å². The summed E-state index contributed by atoms with van der Waals surface area (Å²) in [6, 6.07) is 6.23. The summed E-state index contributed by atoms with van der Waals surface area (Å²) in [5.41, 5.74) is 11.4. The fraction of sp³-hybridized carbons (Fsp3) is 0.267. The van der Waals surface area contributed by atoms with E-state index in [4.69, 9.17) is 5.73 Å². The molecule has 1 heterocycles. The molecule has 1 aromatic heterocycles. The second-order valence-corrected chi connectivity index (χ2v) is 5.49. The number of hydrogen-bond acceptors (Lipinski definition) is 3. The summed E-state index contributed by atoms with van der Waals surface area (Å²) in [5, 5.41) is 3.31. The Morgan fingerprint density at radius 1 is 1.26 bits per heavy atom.